The van der Waals surface area contributed by atoms with Gasteiger partial charge in [0.25, 0.3) is 0 Å². The summed E-state index contributed by atoms with van der Waals surface area (Å²) in [5, 5.41) is 0. The average molecular weight is 286 g/mol. The van der Waals surface area contributed by atoms with Gasteiger partial charge in [-0.25, -0.2) is 0 Å². The topological polar surface area (TPSA) is 40.6 Å². The maximum atomic E-state index is 12.7. The molecule has 0 radical (unpaired) electrons. The molecule has 2 saturated heterocycles. The molecule has 0 bridgehead atoms. The number of hydrogen-bond donors (Lipinski definition) is 0. The molecule has 0 aromatic heterocycles. The number of amides is 2. The van der Waals surface area contributed by atoms with Gasteiger partial charge in [-0.1, -0.05) is 29.8 Å². The minimum Gasteiger partial charge on any atom is -0.329 e. The smallest absolute Gasteiger partial charge is 0.246 e. The van der Waals surface area contributed by atoms with Crippen LogP contribution in [-0.4, -0.2) is 40.7 Å². The molecule has 4 heteroatoms. The van der Waals surface area contributed by atoms with Gasteiger partial charge in [-0.05, 0) is 38.7 Å². The van der Waals surface area contributed by atoms with Crippen LogP contribution in [0.3, 0.4) is 0 Å². The van der Waals surface area contributed by atoms with Crippen molar-refractivity contribution in [3.63, 3.8) is 0 Å². The van der Waals surface area contributed by atoms with E-state index >= 15 is 0 Å². The lowest BCUT2D eigenvalue weighted by atomic mass is 9.96. The molecular weight excluding hydrogens is 264 g/mol. The Kier molecular flexibility index (Phi) is 3.70. The van der Waals surface area contributed by atoms with Gasteiger partial charge in [0.05, 0.1) is 6.04 Å². The molecule has 2 aliphatic heterocycles. The Morgan fingerprint density at radius 1 is 1.14 bits per heavy atom. The van der Waals surface area contributed by atoms with Crippen molar-refractivity contribution in [2.45, 2.75) is 45.2 Å². The summed E-state index contributed by atoms with van der Waals surface area (Å²) in [7, 11) is 0. The number of hydrogen-bond acceptors (Lipinski definition) is 2. The molecule has 1 aromatic rings. The minimum absolute atomic E-state index is 0.0499. The van der Waals surface area contributed by atoms with Crippen LogP contribution in [0.1, 0.15) is 43.4 Å². The van der Waals surface area contributed by atoms with Crippen molar-refractivity contribution in [2.75, 3.05) is 13.1 Å². The third-order valence-electron chi connectivity index (χ3n) is 4.72. The summed E-state index contributed by atoms with van der Waals surface area (Å²) in [4.78, 5) is 28.6. The molecule has 1 aromatic carbocycles. The summed E-state index contributed by atoms with van der Waals surface area (Å²) in [5.74, 6) is 0.209. The molecule has 2 amide bonds. The van der Waals surface area contributed by atoms with Crippen molar-refractivity contribution in [2.24, 2.45) is 0 Å². The molecule has 2 heterocycles. The number of carbonyl (C=O) groups is 2. The minimum atomic E-state index is -0.229. The maximum absolute atomic E-state index is 12.7. The lowest BCUT2D eigenvalue weighted by Crippen LogP contribution is -2.61. The monoisotopic (exact) mass is 286 g/mol. The fourth-order valence-corrected chi connectivity index (χ4v) is 3.35. The lowest BCUT2D eigenvalue weighted by Gasteiger charge is -2.44. The summed E-state index contributed by atoms with van der Waals surface area (Å²) in [5.41, 5.74) is 2.29. The van der Waals surface area contributed by atoms with Crippen molar-refractivity contribution in [3.8, 4) is 0 Å². The molecule has 21 heavy (non-hydrogen) atoms. The highest BCUT2D eigenvalue weighted by atomic mass is 16.2. The van der Waals surface area contributed by atoms with Crippen molar-refractivity contribution < 1.29 is 9.59 Å². The van der Waals surface area contributed by atoms with E-state index < -0.39 is 0 Å². The van der Waals surface area contributed by atoms with Crippen LogP contribution in [0.25, 0.3) is 0 Å². The molecule has 0 saturated carbocycles. The summed E-state index contributed by atoms with van der Waals surface area (Å²) >= 11 is 0. The van der Waals surface area contributed by atoms with E-state index in [0.717, 1.165) is 31.4 Å². The van der Waals surface area contributed by atoms with Crippen LogP contribution in [0.4, 0.5) is 0 Å². The second-order valence-corrected chi connectivity index (χ2v) is 6.15. The summed E-state index contributed by atoms with van der Waals surface area (Å²) in [6.45, 7) is 5.00. The molecule has 0 N–H and O–H groups in total. The Morgan fingerprint density at radius 3 is 2.57 bits per heavy atom. The third kappa shape index (κ3) is 2.55. The number of fused-ring (bicyclic) bond motifs is 1. The predicted octanol–water partition coefficient (Wildman–Crippen LogP) is 2.28. The Labute approximate surface area is 125 Å². The first kappa shape index (κ1) is 14.1. The van der Waals surface area contributed by atoms with Crippen LogP contribution in [0, 0.1) is 6.92 Å². The summed E-state index contributed by atoms with van der Waals surface area (Å²) in [6.07, 6.45) is 2.86. The number of piperazine rings is 1. The van der Waals surface area contributed by atoms with E-state index in [1.54, 1.807) is 9.80 Å². The highest BCUT2D eigenvalue weighted by molar-refractivity contribution is 5.95. The highest BCUT2D eigenvalue weighted by Gasteiger charge is 2.41. The number of benzene rings is 1. The molecule has 2 fully saturated rings. The molecule has 0 spiro atoms. The third-order valence-corrected chi connectivity index (χ3v) is 4.72. The van der Waals surface area contributed by atoms with Crippen molar-refractivity contribution in [3.05, 3.63) is 35.4 Å². The lowest BCUT2D eigenvalue weighted by molar-refractivity contribution is -0.159. The first-order chi connectivity index (χ1) is 10.1. The number of rotatable bonds is 2. The van der Waals surface area contributed by atoms with Crippen LogP contribution in [0.5, 0.6) is 0 Å². The van der Waals surface area contributed by atoms with Crippen LogP contribution in [-0.2, 0) is 9.59 Å². The molecule has 3 rings (SSSR count). The second kappa shape index (κ2) is 5.51. The van der Waals surface area contributed by atoms with Crippen molar-refractivity contribution >= 4 is 11.8 Å². The van der Waals surface area contributed by atoms with E-state index in [9.17, 15) is 9.59 Å². The highest BCUT2D eigenvalue weighted by Crippen LogP contribution is 2.29. The molecule has 2 unspecified atom stereocenters. The number of nitrogens with zero attached hydrogens (tertiary/aromatic N) is 2. The first-order valence-electron chi connectivity index (χ1n) is 7.74. The van der Waals surface area contributed by atoms with Gasteiger partial charge in [-0.2, -0.15) is 0 Å². The number of carbonyl (C=O) groups excluding carboxylic acids is 2. The van der Waals surface area contributed by atoms with Crippen molar-refractivity contribution in [1.82, 2.24) is 9.80 Å². The van der Waals surface area contributed by atoms with E-state index in [1.165, 1.54) is 5.56 Å². The molecule has 112 valence electrons. The fourth-order valence-electron chi connectivity index (χ4n) is 3.35. The zero-order valence-electron chi connectivity index (χ0n) is 12.7. The van der Waals surface area contributed by atoms with Crippen LogP contribution in [0.2, 0.25) is 0 Å². The van der Waals surface area contributed by atoms with Gasteiger partial charge in [0.15, 0.2) is 0 Å². The van der Waals surface area contributed by atoms with Gasteiger partial charge in [0, 0.05) is 6.54 Å². The Balaban J connectivity index is 1.83. The molecular formula is C17H22N2O2. The number of piperidine rings is 1. The summed E-state index contributed by atoms with van der Waals surface area (Å²) in [6, 6.07) is 7.92. The van der Waals surface area contributed by atoms with Gasteiger partial charge in [0.1, 0.15) is 12.6 Å². The van der Waals surface area contributed by atoms with Gasteiger partial charge < -0.3 is 9.80 Å². The fraction of sp³-hybridized carbons (Fsp3) is 0.529. The van der Waals surface area contributed by atoms with E-state index in [-0.39, 0.29) is 30.4 Å². The van der Waals surface area contributed by atoms with E-state index in [1.807, 2.05) is 26.0 Å². The summed E-state index contributed by atoms with van der Waals surface area (Å²) < 4.78 is 0. The van der Waals surface area contributed by atoms with Gasteiger partial charge in [-0.15, -0.1) is 0 Å². The number of aryl methyl sites for hydroxylation is 1. The molecule has 4 nitrogen and oxygen atoms in total. The average Bonchev–Trinajstić information content (AvgIpc) is 2.51. The first-order valence-corrected chi connectivity index (χ1v) is 7.74. The molecule has 2 atom stereocenters. The van der Waals surface area contributed by atoms with Crippen LogP contribution < -0.4 is 0 Å². The zero-order chi connectivity index (χ0) is 15.0. The van der Waals surface area contributed by atoms with Crippen LogP contribution in [0.15, 0.2) is 24.3 Å². The SMILES string of the molecule is Cc1ccc(C(C)N2CC(=O)N3CCCCC3C2=O)cc1. The Bertz CT molecular complexity index is 552. The van der Waals surface area contributed by atoms with E-state index in [2.05, 4.69) is 12.1 Å². The Hall–Kier alpha value is -1.84. The maximum Gasteiger partial charge on any atom is 0.246 e. The normalized spacial score (nSPS) is 24.0. The second-order valence-electron chi connectivity index (χ2n) is 6.15. The van der Waals surface area contributed by atoms with Gasteiger partial charge in [-0.3, -0.25) is 9.59 Å². The quantitative estimate of drug-likeness (QED) is 0.837. The zero-order valence-corrected chi connectivity index (χ0v) is 12.7. The van der Waals surface area contributed by atoms with Crippen molar-refractivity contribution in [1.29, 1.82) is 0 Å². The van der Waals surface area contributed by atoms with E-state index in [4.69, 9.17) is 0 Å². The predicted molar refractivity (Wildman–Crippen MR) is 80.7 cm³/mol. The largest absolute Gasteiger partial charge is 0.329 e. The van der Waals surface area contributed by atoms with Gasteiger partial charge >= 0.3 is 0 Å². The molecule has 2 aliphatic rings. The van der Waals surface area contributed by atoms with E-state index in [0.29, 0.717) is 0 Å². The van der Waals surface area contributed by atoms with Gasteiger partial charge in [0.2, 0.25) is 11.8 Å². The standard InChI is InChI=1S/C17H22N2O2/c1-12-6-8-14(9-7-12)13(2)19-11-16(20)18-10-4-3-5-15(18)17(19)21/h6-9,13,15H,3-5,10-11H2,1-2H3. The Morgan fingerprint density at radius 2 is 1.86 bits per heavy atom. The molecule has 0 aliphatic carbocycles. The van der Waals surface area contributed by atoms with Crippen LogP contribution >= 0.6 is 0 Å².